The van der Waals surface area contributed by atoms with Gasteiger partial charge < -0.3 is 4.42 Å². The van der Waals surface area contributed by atoms with Crippen LogP contribution in [0.3, 0.4) is 0 Å². The molecule has 0 spiro atoms. The van der Waals surface area contributed by atoms with E-state index >= 15 is 0 Å². The lowest BCUT2D eigenvalue weighted by atomic mass is 9.90. The van der Waals surface area contributed by atoms with Crippen LogP contribution in [-0.4, -0.2) is 12.8 Å². The van der Waals surface area contributed by atoms with Crippen molar-refractivity contribution >= 4 is 28.2 Å². The van der Waals surface area contributed by atoms with Crippen LogP contribution in [0.25, 0.3) is 21.9 Å². The van der Waals surface area contributed by atoms with E-state index in [0.29, 0.717) is 0 Å². The Labute approximate surface area is 111 Å². The molecule has 0 aliphatic carbocycles. The van der Waals surface area contributed by atoms with Crippen LogP contribution < -0.4 is 0 Å². The van der Waals surface area contributed by atoms with Crippen LogP contribution in [-0.2, 0) is 6.42 Å². The highest BCUT2D eigenvalue weighted by Gasteiger charge is 2.19. The molecule has 1 aromatic heterocycles. The summed E-state index contributed by atoms with van der Waals surface area (Å²) in [6.07, 6.45) is 3.04. The summed E-state index contributed by atoms with van der Waals surface area (Å²) in [5.74, 6) is 0. The number of nitrogens with zero attached hydrogens (tertiary/aromatic N) is 1. The van der Waals surface area contributed by atoms with Gasteiger partial charge in [-0.25, -0.2) is 0 Å². The number of benzene rings is 2. The zero-order valence-electron chi connectivity index (χ0n) is 11.2. The van der Waals surface area contributed by atoms with Gasteiger partial charge in [-0.15, -0.1) is 0 Å². The summed E-state index contributed by atoms with van der Waals surface area (Å²) in [5.41, 5.74) is 7.26. The van der Waals surface area contributed by atoms with E-state index in [4.69, 9.17) is 4.42 Å². The number of para-hydroxylation sites is 1. The number of fused-ring (bicyclic) bond motifs is 4. The second kappa shape index (κ2) is 3.70. The van der Waals surface area contributed by atoms with Crippen LogP contribution in [0.2, 0.25) is 0 Å². The Kier molecular flexibility index (Phi) is 2.10. The van der Waals surface area contributed by atoms with Crippen LogP contribution in [0.15, 0.2) is 33.7 Å². The minimum absolute atomic E-state index is 0.897. The van der Waals surface area contributed by atoms with Crippen molar-refractivity contribution in [2.24, 2.45) is 4.99 Å². The number of rotatable bonds is 0. The maximum atomic E-state index is 6.07. The average Bonchev–Trinajstić information content (AvgIpc) is 2.84. The van der Waals surface area contributed by atoms with Gasteiger partial charge in [0.1, 0.15) is 11.2 Å². The molecule has 0 N–H and O–H groups in total. The molecule has 0 unspecified atom stereocenters. The fourth-order valence-corrected chi connectivity index (χ4v) is 3.21. The molecule has 19 heavy (non-hydrogen) atoms. The first-order valence-corrected chi connectivity index (χ1v) is 6.70. The highest BCUT2D eigenvalue weighted by atomic mass is 16.3. The van der Waals surface area contributed by atoms with E-state index in [2.05, 4.69) is 31.0 Å². The third-order valence-electron chi connectivity index (χ3n) is 4.20. The van der Waals surface area contributed by atoms with Crippen molar-refractivity contribution in [2.45, 2.75) is 20.3 Å². The molecule has 2 heteroatoms. The summed E-state index contributed by atoms with van der Waals surface area (Å²) in [5, 5.41) is 2.51. The fourth-order valence-electron chi connectivity index (χ4n) is 3.21. The summed E-state index contributed by atoms with van der Waals surface area (Å²) < 4.78 is 6.07. The molecule has 0 bridgehead atoms. The SMILES string of the molecule is Cc1c2c(c(C)c3c1oc1ccccc13)CCN=C2. The Balaban J connectivity index is 2.28. The molecule has 1 aliphatic rings. The average molecular weight is 249 g/mol. The van der Waals surface area contributed by atoms with Crippen molar-refractivity contribution in [3.63, 3.8) is 0 Å². The molecule has 0 saturated carbocycles. The Morgan fingerprint density at radius 2 is 1.95 bits per heavy atom. The summed E-state index contributed by atoms with van der Waals surface area (Å²) in [6.45, 7) is 5.25. The van der Waals surface area contributed by atoms with E-state index in [1.165, 1.54) is 33.0 Å². The minimum atomic E-state index is 0.897. The predicted octanol–water partition coefficient (Wildman–Crippen LogP) is 4.18. The third-order valence-corrected chi connectivity index (χ3v) is 4.20. The van der Waals surface area contributed by atoms with Gasteiger partial charge in [-0.2, -0.15) is 0 Å². The maximum absolute atomic E-state index is 6.07. The lowest BCUT2D eigenvalue weighted by Crippen LogP contribution is -2.07. The largest absolute Gasteiger partial charge is 0.456 e. The lowest BCUT2D eigenvalue weighted by molar-refractivity contribution is 0.665. The molecule has 2 heterocycles. The van der Waals surface area contributed by atoms with Crippen LogP contribution in [0.1, 0.15) is 22.3 Å². The summed E-state index contributed by atoms with van der Waals surface area (Å²) in [6, 6.07) is 8.29. The molecule has 3 aromatic rings. The van der Waals surface area contributed by atoms with Crippen molar-refractivity contribution in [2.75, 3.05) is 6.54 Å². The zero-order valence-corrected chi connectivity index (χ0v) is 11.2. The Morgan fingerprint density at radius 3 is 2.84 bits per heavy atom. The first kappa shape index (κ1) is 10.8. The van der Waals surface area contributed by atoms with Crippen molar-refractivity contribution in [3.05, 3.63) is 46.5 Å². The van der Waals surface area contributed by atoms with Crippen LogP contribution in [0.5, 0.6) is 0 Å². The molecular weight excluding hydrogens is 234 g/mol. The van der Waals surface area contributed by atoms with Crippen molar-refractivity contribution in [3.8, 4) is 0 Å². The van der Waals surface area contributed by atoms with Crippen molar-refractivity contribution < 1.29 is 4.42 Å². The second-order valence-corrected chi connectivity index (χ2v) is 5.23. The molecule has 0 fully saturated rings. The number of aliphatic imine (C=N–C) groups is 1. The molecule has 2 aromatic carbocycles. The molecule has 0 amide bonds. The third kappa shape index (κ3) is 1.34. The van der Waals surface area contributed by atoms with E-state index in [-0.39, 0.29) is 0 Å². The minimum Gasteiger partial charge on any atom is -0.456 e. The molecule has 2 nitrogen and oxygen atoms in total. The molecule has 0 atom stereocenters. The summed E-state index contributed by atoms with van der Waals surface area (Å²) in [7, 11) is 0. The normalized spacial score (nSPS) is 14.2. The number of hydrogen-bond acceptors (Lipinski definition) is 2. The molecule has 1 aliphatic heterocycles. The van der Waals surface area contributed by atoms with Crippen molar-refractivity contribution in [1.82, 2.24) is 0 Å². The molecule has 0 saturated heterocycles. The van der Waals surface area contributed by atoms with E-state index in [1.54, 1.807) is 0 Å². The van der Waals surface area contributed by atoms with Gasteiger partial charge in [0, 0.05) is 34.7 Å². The monoisotopic (exact) mass is 249 g/mol. The quantitative estimate of drug-likeness (QED) is 0.587. The van der Waals surface area contributed by atoms with E-state index in [9.17, 15) is 0 Å². The molecule has 94 valence electrons. The van der Waals surface area contributed by atoms with Gasteiger partial charge in [0.25, 0.3) is 0 Å². The van der Waals surface area contributed by atoms with E-state index < -0.39 is 0 Å². The number of furan rings is 1. The highest BCUT2D eigenvalue weighted by Crippen LogP contribution is 2.37. The molecule has 4 rings (SSSR count). The Hall–Kier alpha value is -2.09. The van der Waals surface area contributed by atoms with Gasteiger partial charge in [0.05, 0.1) is 0 Å². The number of hydrogen-bond donors (Lipinski definition) is 0. The fraction of sp³-hybridized carbons (Fsp3) is 0.235. The smallest absolute Gasteiger partial charge is 0.139 e. The topological polar surface area (TPSA) is 25.5 Å². The second-order valence-electron chi connectivity index (χ2n) is 5.23. The highest BCUT2D eigenvalue weighted by molar-refractivity contribution is 6.10. The molecular formula is C17H15NO. The van der Waals surface area contributed by atoms with Gasteiger partial charge in [0.15, 0.2) is 0 Å². The van der Waals surface area contributed by atoms with Crippen LogP contribution >= 0.6 is 0 Å². The van der Waals surface area contributed by atoms with Crippen molar-refractivity contribution in [1.29, 1.82) is 0 Å². The van der Waals surface area contributed by atoms with Gasteiger partial charge in [-0.05, 0) is 37.5 Å². The summed E-state index contributed by atoms with van der Waals surface area (Å²) in [4.78, 5) is 4.41. The Bertz CT molecular complexity index is 839. The standard InChI is InChI=1S/C17H15NO/c1-10-12-7-8-18-9-14(12)11(2)17-16(10)13-5-3-4-6-15(13)19-17/h3-6,9H,7-8H2,1-2H3. The van der Waals surface area contributed by atoms with Gasteiger partial charge in [0.2, 0.25) is 0 Å². The maximum Gasteiger partial charge on any atom is 0.139 e. The first-order chi connectivity index (χ1) is 9.27. The van der Waals surface area contributed by atoms with Gasteiger partial charge in [-0.3, -0.25) is 4.99 Å². The predicted molar refractivity (Wildman–Crippen MR) is 79.4 cm³/mol. The van der Waals surface area contributed by atoms with Crippen LogP contribution in [0.4, 0.5) is 0 Å². The molecule has 0 radical (unpaired) electrons. The van der Waals surface area contributed by atoms with Gasteiger partial charge >= 0.3 is 0 Å². The lowest BCUT2D eigenvalue weighted by Gasteiger charge is -2.16. The zero-order chi connectivity index (χ0) is 13.0. The van der Waals surface area contributed by atoms with Crippen LogP contribution in [0, 0.1) is 13.8 Å². The number of aryl methyl sites for hydroxylation is 2. The Morgan fingerprint density at radius 1 is 1.11 bits per heavy atom. The summed E-state index contributed by atoms with van der Waals surface area (Å²) >= 11 is 0. The first-order valence-electron chi connectivity index (χ1n) is 6.70. The van der Waals surface area contributed by atoms with E-state index in [1.807, 2.05) is 18.3 Å². The van der Waals surface area contributed by atoms with E-state index in [0.717, 1.165) is 24.1 Å². The van der Waals surface area contributed by atoms with Gasteiger partial charge in [-0.1, -0.05) is 18.2 Å².